The van der Waals surface area contributed by atoms with Crippen LogP contribution in [0.4, 0.5) is 4.79 Å². The number of carbonyl (C=O) groups is 1. The number of nitrogens with zero attached hydrogens (tertiary/aromatic N) is 5. The van der Waals surface area contributed by atoms with Gasteiger partial charge in [-0.15, -0.1) is 0 Å². The number of likely N-dealkylation sites (tertiary alicyclic amines) is 2. The molecule has 2 aliphatic rings. The van der Waals surface area contributed by atoms with Crippen molar-refractivity contribution in [2.45, 2.75) is 39.9 Å². The number of fused-ring (bicyclic) bond motifs is 1. The van der Waals surface area contributed by atoms with Gasteiger partial charge in [0.15, 0.2) is 0 Å². The van der Waals surface area contributed by atoms with Crippen molar-refractivity contribution in [1.82, 2.24) is 24.5 Å². The average molecular weight is 396 g/mol. The Balaban J connectivity index is 1.58. The lowest BCUT2D eigenvalue weighted by Gasteiger charge is -2.32. The molecular weight excluding hydrogens is 362 g/mol. The predicted molar refractivity (Wildman–Crippen MR) is 115 cm³/mol. The molecule has 0 saturated carbocycles. The molecule has 156 valence electrons. The Morgan fingerprint density at radius 2 is 1.93 bits per heavy atom. The van der Waals surface area contributed by atoms with Crippen LogP contribution in [0.25, 0.3) is 0 Å². The lowest BCUT2D eigenvalue weighted by atomic mass is 9.88. The predicted octanol–water partition coefficient (Wildman–Crippen LogP) is 3.31. The lowest BCUT2D eigenvalue weighted by molar-refractivity contribution is 0.151. The van der Waals surface area contributed by atoms with Crippen molar-refractivity contribution in [3.05, 3.63) is 52.8 Å². The molecule has 0 N–H and O–H groups in total. The van der Waals surface area contributed by atoms with Crippen LogP contribution in [0.5, 0.6) is 0 Å². The van der Waals surface area contributed by atoms with Crippen LogP contribution in [0.2, 0.25) is 0 Å². The van der Waals surface area contributed by atoms with Gasteiger partial charge in [0.1, 0.15) is 0 Å². The fourth-order valence-corrected chi connectivity index (χ4v) is 5.24. The Hall–Kier alpha value is -2.34. The minimum Gasteiger partial charge on any atom is -0.331 e. The van der Waals surface area contributed by atoms with Gasteiger partial charge in [-0.2, -0.15) is 5.10 Å². The third-order valence-corrected chi connectivity index (χ3v) is 6.77. The molecule has 0 aliphatic carbocycles. The van der Waals surface area contributed by atoms with E-state index in [2.05, 4.69) is 64.6 Å². The van der Waals surface area contributed by atoms with Crippen molar-refractivity contribution in [3.8, 4) is 0 Å². The Morgan fingerprint density at radius 1 is 1.17 bits per heavy atom. The maximum Gasteiger partial charge on any atom is 0.320 e. The summed E-state index contributed by atoms with van der Waals surface area (Å²) >= 11 is 0. The Kier molecular flexibility index (Phi) is 5.38. The number of hydrogen-bond acceptors (Lipinski definition) is 3. The normalized spacial score (nSPS) is 24.2. The largest absolute Gasteiger partial charge is 0.331 e. The minimum absolute atomic E-state index is 0.124. The topological polar surface area (TPSA) is 44.6 Å². The highest BCUT2D eigenvalue weighted by molar-refractivity contribution is 5.75. The molecular formula is C23H33N5O. The summed E-state index contributed by atoms with van der Waals surface area (Å²) in [5, 5.41) is 4.51. The molecule has 3 heterocycles. The number of benzene rings is 1. The van der Waals surface area contributed by atoms with Gasteiger partial charge in [-0.1, -0.05) is 24.3 Å². The summed E-state index contributed by atoms with van der Waals surface area (Å²) in [6.07, 6.45) is 2.02. The van der Waals surface area contributed by atoms with Crippen molar-refractivity contribution in [3.63, 3.8) is 0 Å². The first-order valence-corrected chi connectivity index (χ1v) is 10.7. The molecule has 2 aromatic rings. The van der Waals surface area contributed by atoms with E-state index in [9.17, 15) is 4.79 Å². The third-order valence-electron chi connectivity index (χ3n) is 6.77. The summed E-state index contributed by atoms with van der Waals surface area (Å²) in [5.41, 5.74) is 5.16. The van der Waals surface area contributed by atoms with Gasteiger partial charge >= 0.3 is 6.03 Å². The molecule has 3 atom stereocenters. The molecule has 0 radical (unpaired) electrons. The molecule has 1 aromatic heterocycles. The number of amides is 2. The molecule has 0 unspecified atom stereocenters. The zero-order valence-electron chi connectivity index (χ0n) is 18.3. The van der Waals surface area contributed by atoms with Crippen LogP contribution in [0.3, 0.4) is 0 Å². The number of rotatable bonds is 4. The van der Waals surface area contributed by atoms with Crippen LogP contribution >= 0.6 is 0 Å². The van der Waals surface area contributed by atoms with Crippen molar-refractivity contribution >= 4 is 6.03 Å². The van der Waals surface area contributed by atoms with E-state index < -0.39 is 0 Å². The van der Waals surface area contributed by atoms with E-state index in [0.29, 0.717) is 11.8 Å². The summed E-state index contributed by atoms with van der Waals surface area (Å²) < 4.78 is 2.07. The zero-order chi connectivity index (χ0) is 20.7. The Morgan fingerprint density at radius 3 is 2.59 bits per heavy atom. The van der Waals surface area contributed by atoms with E-state index in [1.807, 2.05) is 20.3 Å². The number of aryl methyl sites for hydroxylation is 2. The summed E-state index contributed by atoms with van der Waals surface area (Å²) in [6.45, 7) is 11.2. The fraction of sp³-hybridized carbons (Fsp3) is 0.565. The van der Waals surface area contributed by atoms with Gasteiger partial charge in [-0.05, 0) is 37.8 Å². The first kappa shape index (κ1) is 20.0. The second-order valence-electron chi connectivity index (χ2n) is 8.82. The smallest absolute Gasteiger partial charge is 0.320 e. The van der Waals surface area contributed by atoms with Crippen molar-refractivity contribution in [2.75, 3.05) is 33.7 Å². The zero-order valence-corrected chi connectivity index (χ0v) is 18.3. The summed E-state index contributed by atoms with van der Waals surface area (Å²) in [5.74, 6) is 0.992. The third kappa shape index (κ3) is 3.54. The molecule has 6 heteroatoms. The van der Waals surface area contributed by atoms with Crippen LogP contribution < -0.4 is 0 Å². The number of aromatic nitrogens is 2. The Bertz CT molecular complexity index is 889. The van der Waals surface area contributed by atoms with Crippen LogP contribution in [0, 0.1) is 25.7 Å². The van der Waals surface area contributed by atoms with Crippen molar-refractivity contribution in [2.24, 2.45) is 11.8 Å². The van der Waals surface area contributed by atoms with E-state index in [-0.39, 0.29) is 12.1 Å². The van der Waals surface area contributed by atoms with Crippen LogP contribution in [-0.2, 0) is 13.1 Å². The SMILES string of the molecule is CCn1ncc(CN2C[C@@H]3CN(C(=O)N(C)C)[C@@H](c4ccccc4C)[C@@H]3C2)c1C. The average Bonchev–Trinajstić information content (AvgIpc) is 3.35. The van der Waals surface area contributed by atoms with E-state index in [0.717, 1.165) is 32.7 Å². The molecule has 0 spiro atoms. The maximum atomic E-state index is 13.0. The lowest BCUT2D eigenvalue weighted by Crippen LogP contribution is -2.41. The van der Waals surface area contributed by atoms with Crippen LogP contribution in [0.15, 0.2) is 30.5 Å². The van der Waals surface area contributed by atoms with Crippen molar-refractivity contribution < 1.29 is 4.79 Å². The number of urea groups is 1. The molecule has 1 aromatic carbocycles. The second-order valence-corrected chi connectivity index (χ2v) is 8.82. The molecule has 2 saturated heterocycles. The fourth-order valence-electron chi connectivity index (χ4n) is 5.24. The van der Waals surface area contributed by atoms with Gasteiger partial charge in [-0.25, -0.2) is 4.79 Å². The molecule has 2 aliphatic heterocycles. The highest BCUT2D eigenvalue weighted by Gasteiger charge is 2.49. The number of hydrogen-bond donors (Lipinski definition) is 0. The highest BCUT2D eigenvalue weighted by atomic mass is 16.2. The van der Waals surface area contributed by atoms with Crippen LogP contribution in [-0.4, -0.2) is 64.2 Å². The van der Waals surface area contributed by atoms with E-state index in [1.54, 1.807) is 4.90 Å². The van der Waals surface area contributed by atoms with Gasteiger partial charge in [0.05, 0.1) is 12.2 Å². The molecule has 2 amide bonds. The molecule has 0 bridgehead atoms. The monoisotopic (exact) mass is 395 g/mol. The minimum atomic E-state index is 0.124. The first-order valence-electron chi connectivity index (χ1n) is 10.7. The second kappa shape index (κ2) is 7.82. The van der Waals surface area contributed by atoms with Gasteiger partial charge in [0, 0.05) is 64.0 Å². The molecule has 6 nitrogen and oxygen atoms in total. The molecule has 29 heavy (non-hydrogen) atoms. The quantitative estimate of drug-likeness (QED) is 0.798. The van der Waals surface area contributed by atoms with E-state index in [1.165, 1.54) is 22.4 Å². The summed E-state index contributed by atoms with van der Waals surface area (Å²) in [4.78, 5) is 19.3. The van der Waals surface area contributed by atoms with Gasteiger partial charge in [-0.3, -0.25) is 9.58 Å². The molecule has 2 fully saturated rings. The maximum absolute atomic E-state index is 13.0. The van der Waals surface area contributed by atoms with Crippen molar-refractivity contribution in [1.29, 1.82) is 0 Å². The van der Waals surface area contributed by atoms with Gasteiger partial charge < -0.3 is 9.80 Å². The molecule has 4 rings (SSSR count). The van der Waals surface area contributed by atoms with Gasteiger partial charge in [0.25, 0.3) is 0 Å². The van der Waals surface area contributed by atoms with Crippen LogP contribution in [0.1, 0.15) is 35.3 Å². The Labute approximate surface area is 174 Å². The summed E-state index contributed by atoms with van der Waals surface area (Å²) in [7, 11) is 3.71. The summed E-state index contributed by atoms with van der Waals surface area (Å²) in [6, 6.07) is 8.83. The van der Waals surface area contributed by atoms with Gasteiger partial charge in [0.2, 0.25) is 0 Å². The standard InChI is InChI=1S/C23H33N5O/c1-6-28-17(3)18(11-24-28)12-26-13-19-14-27(23(29)25(4)5)22(21(19)15-26)20-10-8-7-9-16(20)2/h7-11,19,21-22H,6,12-15H2,1-5H3/t19-,21-,22+/m1/s1. The number of carbonyl (C=O) groups excluding carboxylic acids is 1. The first-order chi connectivity index (χ1) is 13.9. The van der Waals surface area contributed by atoms with E-state index >= 15 is 0 Å². The van der Waals surface area contributed by atoms with E-state index in [4.69, 9.17) is 0 Å². The highest BCUT2D eigenvalue weighted by Crippen LogP contribution is 2.46.